The van der Waals surface area contributed by atoms with Crippen LogP contribution in [0.2, 0.25) is 5.02 Å². The molecule has 0 saturated heterocycles. The van der Waals surface area contributed by atoms with E-state index in [0.717, 1.165) is 10.7 Å². The lowest BCUT2D eigenvalue weighted by Crippen LogP contribution is -2.22. The fourth-order valence-corrected chi connectivity index (χ4v) is 2.27. The number of aryl methyl sites for hydroxylation is 1. The van der Waals surface area contributed by atoms with Crippen LogP contribution in [0.4, 0.5) is 10.8 Å². The average molecular weight is 268 g/mol. The first kappa shape index (κ1) is 12.0. The number of rotatable bonds is 2. The van der Waals surface area contributed by atoms with E-state index in [-0.39, 0.29) is 5.91 Å². The van der Waals surface area contributed by atoms with Crippen molar-refractivity contribution < 1.29 is 4.79 Å². The number of carbonyl (C=O) groups excluding carboxylic acids is 1. The third-order valence-electron chi connectivity index (χ3n) is 2.11. The Bertz CT molecular complexity index is 538. The molecule has 0 atom stereocenters. The normalized spacial score (nSPS) is 10.3. The van der Waals surface area contributed by atoms with E-state index in [2.05, 4.69) is 10.2 Å². The maximum Gasteiger partial charge on any atom is 0.230 e. The van der Waals surface area contributed by atoms with E-state index in [4.69, 9.17) is 11.6 Å². The van der Waals surface area contributed by atoms with Crippen LogP contribution in [-0.4, -0.2) is 16.1 Å². The molecule has 4 nitrogen and oxygen atoms in total. The lowest BCUT2D eigenvalue weighted by atomic mass is 10.3. The third kappa shape index (κ3) is 2.62. The Kier molecular flexibility index (Phi) is 3.40. The molecular formula is C11H10ClN3OS. The van der Waals surface area contributed by atoms with Gasteiger partial charge in [0.05, 0.1) is 5.69 Å². The highest BCUT2D eigenvalue weighted by atomic mass is 35.5. The average Bonchev–Trinajstić information content (AvgIpc) is 2.68. The van der Waals surface area contributed by atoms with Gasteiger partial charge >= 0.3 is 0 Å². The van der Waals surface area contributed by atoms with Crippen LogP contribution in [0, 0.1) is 6.92 Å². The number of benzene rings is 1. The number of aromatic nitrogens is 2. The van der Waals surface area contributed by atoms with Crippen molar-refractivity contribution >= 4 is 39.7 Å². The van der Waals surface area contributed by atoms with Gasteiger partial charge in [0.2, 0.25) is 11.0 Å². The number of nitrogens with zero attached hydrogens (tertiary/aromatic N) is 3. The minimum atomic E-state index is -0.108. The highest BCUT2D eigenvalue weighted by Gasteiger charge is 2.17. The maximum absolute atomic E-state index is 11.7. The molecule has 1 aromatic heterocycles. The molecule has 6 heteroatoms. The minimum absolute atomic E-state index is 0.108. The second-order valence-electron chi connectivity index (χ2n) is 3.43. The van der Waals surface area contributed by atoms with E-state index in [1.54, 1.807) is 24.3 Å². The van der Waals surface area contributed by atoms with Crippen molar-refractivity contribution in [3.63, 3.8) is 0 Å². The van der Waals surface area contributed by atoms with Gasteiger partial charge in [-0.1, -0.05) is 22.9 Å². The number of anilines is 2. The zero-order chi connectivity index (χ0) is 12.4. The van der Waals surface area contributed by atoms with Gasteiger partial charge in [0.1, 0.15) is 5.01 Å². The highest BCUT2D eigenvalue weighted by Crippen LogP contribution is 2.29. The van der Waals surface area contributed by atoms with Gasteiger partial charge in [-0.3, -0.25) is 9.69 Å². The molecule has 0 saturated carbocycles. The van der Waals surface area contributed by atoms with E-state index in [0.29, 0.717) is 10.2 Å². The fourth-order valence-electron chi connectivity index (χ4n) is 1.39. The fraction of sp³-hybridized carbons (Fsp3) is 0.182. The molecule has 1 amide bonds. The summed E-state index contributed by atoms with van der Waals surface area (Å²) in [6.45, 7) is 3.34. The molecule has 0 bridgehead atoms. The summed E-state index contributed by atoms with van der Waals surface area (Å²) < 4.78 is 0. The molecule has 0 spiro atoms. The van der Waals surface area contributed by atoms with Crippen LogP contribution >= 0.6 is 22.9 Å². The Morgan fingerprint density at radius 3 is 2.41 bits per heavy atom. The summed E-state index contributed by atoms with van der Waals surface area (Å²) in [5, 5.41) is 9.91. The first-order chi connectivity index (χ1) is 8.08. The van der Waals surface area contributed by atoms with Crippen LogP contribution < -0.4 is 4.90 Å². The van der Waals surface area contributed by atoms with E-state index in [1.807, 2.05) is 6.92 Å². The summed E-state index contributed by atoms with van der Waals surface area (Å²) in [7, 11) is 0. The number of amides is 1. The van der Waals surface area contributed by atoms with Crippen molar-refractivity contribution in [3.05, 3.63) is 34.3 Å². The zero-order valence-electron chi connectivity index (χ0n) is 9.35. The van der Waals surface area contributed by atoms with Crippen molar-refractivity contribution in [3.8, 4) is 0 Å². The lowest BCUT2D eigenvalue weighted by molar-refractivity contribution is -0.115. The Hall–Kier alpha value is -1.46. The lowest BCUT2D eigenvalue weighted by Gasteiger charge is -2.17. The van der Waals surface area contributed by atoms with Gasteiger partial charge in [0.25, 0.3) is 0 Å². The molecule has 0 aliphatic rings. The van der Waals surface area contributed by atoms with Gasteiger partial charge in [-0.15, -0.1) is 10.2 Å². The summed E-state index contributed by atoms with van der Waals surface area (Å²) in [5.41, 5.74) is 0.734. The molecule has 17 heavy (non-hydrogen) atoms. The monoisotopic (exact) mass is 267 g/mol. The Labute approximate surface area is 108 Å². The SMILES string of the molecule is CC(=O)N(c1ccc(Cl)cc1)c1nnc(C)s1. The number of hydrogen-bond acceptors (Lipinski definition) is 4. The van der Waals surface area contributed by atoms with Crippen LogP contribution in [0.3, 0.4) is 0 Å². The molecule has 0 radical (unpaired) electrons. The molecule has 0 aliphatic carbocycles. The third-order valence-corrected chi connectivity index (χ3v) is 3.18. The van der Waals surface area contributed by atoms with Crippen LogP contribution in [-0.2, 0) is 4.79 Å². The highest BCUT2D eigenvalue weighted by molar-refractivity contribution is 7.15. The van der Waals surface area contributed by atoms with Crippen molar-refractivity contribution in [2.24, 2.45) is 0 Å². The first-order valence-corrected chi connectivity index (χ1v) is 6.14. The van der Waals surface area contributed by atoms with Gasteiger partial charge in [-0.2, -0.15) is 0 Å². The smallest absolute Gasteiger partial charge is 0.230 e. The molecular weight excluding hydrogens is 258 g/mol. The van der Waals surface area contributed by atoms with Gasteiger partial charge in [0, 0.05) is 11.9 Å². The Balaban J connectivity index is 2.42. The van der Waals surface area contributed by atoms with Crippen LogP contribution in [0.5, 0.6) is 0 Å². The van der Waals surface area contributed by atoms with Crippen LogP contribution in [0.15, 0.2) is 24.3 Å². The summed E-state index contributed by atoms with van der Waals surface area (Å²) in [5.74, 6) is -0.108. The zero-order valence-corrected chi connectivity index (χ0v) is 10.9. The maximum atomic E-state index is 11.7. The molecule has 0 aliphatic heterocycles. The van der Waals surface area contributed by atoms with Crippen LogP contribution in [0.1, 0.15) is 11.9 Å². The summed E-state index contributed by atoms with van der Waals surface area (Å²) >= 11 is 7.19. The van der Waals surface area contributed by atoms with Gasteiger partial charge in [0.15, 0.2) is 0 Å². The van der Waals surface area contributed by atoms with Crippen molar-refractivity contribution in [1.29, 1.82) is 0 Å². The van der Waals surface area contributed by atoms with E-state index in [1.165, 1.54) is 23.2 Å². The van der Waals surface area contributed by atoms with Gasteiger partial charge < -0.3 is 0 Å². The number of halogens is 1. The topological polar surface area (TPSA) is 46.1 Å². The molecule has 1 heterocycles. The largest absolute Gasteiger partial charge is 0.274 e. The quantitative estimate of drug-likeness (QED) is 0.839. The van der Waals surface area contributed by atoms with E-state index in [9.17, 15) is 4.79 Å². The summed E-state index contributed by atoms with van der Waals surface area (Å²) in [6.07, 6.45) is 0. The number of hydrogen-bond donors (Lipinski definition) is 0. The van der Waals surface area contributed by atoms with Crippen LogP contribution in [0.25, 0.3) is 0 Å². The second-order valence-corrected chi connectivity index (χ2v) is 5.03. The predicted octanol–water partition coefficient (Wildman–Crippen LogP) is 3.18. The summed E-state index contributed by atoms with van der Waals surface area (Å²) in [6, 6.07) is 7.03. The van der Waals surface area contributed by atoms with Crippen molar-refractivity contribution in [2.75, 3.05) is 4.90 Å². The minimum Gasteiger partial charge on any atom is -0.274 e. The standard InChI is InChI=1S/C11H10ClN3OS/c1-7-13-14-11(17-7)15(8(2)16)10-5-3-9(12)4-6-10/h3-6H,1-2H3. The van der Waals surface area contributed by atoms with Gasteiger partial charge in [-0.05, 0) is 31.2 Å². The van der Waals surface area contributed by atoms with E-state index >= 15 is 0 Å². The predicted molar refractivity (Wildman–Crippen MR) is 68.9 cm³/mol. The molecule has 88 valence electrons. The molecule has 2 aromatic rings. The second kappa shape index (κ2) is 4.81. The Morgan fingerprint density at radius 2 is 1.94 bits per heavy atom. The molecule has 0 unspecified atom stereocenters. The van der Waals surface area contributed by atoms with Gasteiger partial charge in [-0.25, -0.2) is 0 Å². The molecule has 0 fully saturated rings. The summed E-state index contributed by atoms with van der Waals surface area (Å²) in [4.78, 5) is 13.2. The first-order valence-electron chi connectivity index (χ1n) is 4.94. The number of carbonyl (C=O) groups is 1. The molecule has 0 N–H and O–H groups in total. The van der Waals surface area contributed by atoms with E-state index < -0.39 is 0 Å². The Morgan fingerprint density at radius 1 is 1.29 bits per heavy atom. The van der Waals surface area contributed by atoms with Crippen molar-refractivity contribution in [2.45, 2.75) is 13.8 Å². The van der Waals surface area contributed by atoms with Crippen molar-refractivity contribution in [1.82, 2.24) is 10.2 Å². The molecule has 1 aromatic carbocycles. The molecule has 2 rings (SSSR count).